The summed E-state index contributed by atoms with van der Waals surface area (Å²) < 4.78 is 0. The molecule has 0 bridgehead atoms. The smallest absolute Gasteiger partial charge is 0.321 e. The van der Waals surface area contributed by atoms with E-state index in [1.54, 1.807) is 38.1 Å². The molecule has 0 saturated heterocycles. The van der Waals surface area contributed by atoms with Gasteiger partial charge in [-0.15, -0.1) is 0 Å². The average Bonchev–Trinajstić information content (AvgIpc) is 3.32. The van der Waals surface area contributed by atoms with E-state index >= 15 is 0 Å². The zero-order chi connectivity index (χ0) is 16.8. The maximum Gasteiger partial charge on any atom is 0.321 e. The van der Waals surface area contributed by atoms with Crippen LogP contribution in [0.1, 0.15) is 26.7 Å². The highest BCUT2D eigenvalue weighted by atomic mass is 16.2. The molecule has 4 amide bonds. The summed E-state index contributed by atoms with van der Waals surface area (Å²) in [4.78, 5) is 35.0. The number of anilines is 2. The van der Waals surface area contributed by atoms with Gasteiger partial charge >= 0.3 is 6.03 Å². The molecule has 124 valence electrons. The van der Waals surface area contributed by atoms with Crippen molar-refractivity contribution in [2.24, 2.45) is 5.92 Å². The summed E-state index contributed by atoms with van der Waals surface area (Å²) in [6, 6.07) is 6.03. The maximum absolute atomic E-state index is 11.9. The van der Waals surface area contributed by atoms with Crippen molar-refractivity contribution < 1.29 is 14.4 Å². The predicted molar refractivity (Wildman–Crippen MR) is 88.1 cm³/mol. The van der Waals surface area contributed by atoms with E-state index in [1.165, 1.54) is 0 Å². The average molecular weight is 318 g/mol. The summed E-state index contributed by atoms with van der Waals surface area (Å²) in [6.07, 6.45) is 1.89. The van der Waals surface area contributed by atoms with Crippen molar-refractivity contribution in [3.63, 3.8) is 0 Å². The largest absolute Gasteiger partial charge is 0.374 e. The van der Waals surface area contributed by atoms with Gasteiger partial charge in [-0.2, -0.15) is 0 Å². The van der Waals surface area contributed by atoms with Crippen LogP contribution in [-0.2, 0) is 9.59 Å². The molecular formula is C16H22N4O3. The minimum absolute atomic E-state index is 0.0316. The third-order valence-corrected chi connectivity index (χ3v) is 3.43. The lowest BCUT2D eigenvalue weighted by atomic mass is 10.2. The Labute approximate surface area is 135 Å². The number of carbonyl (C=O) groups is 3. The van der Waals surface area contributed by atoms with E-state index in [0.29, 0.717) is 17.9 Å². The van der Waals surface area contributed by atoms with Crippen molar-refractivity contribution in [2.75, 3.05) is 17.2 Å². The predicted octanol–water partition coefficient (Wildman–Crippen LogP) is 1.68. The Bertz CT molecular complexity index is 599. The molecule has 0 spiro atoms. The van der Waals surface area contributed by atoms with Crippen LogP contribution in [-0.4, -0.2) is 30.4 Å². The fraction of sp³-hybridized carbons (Fsp3) is 0.438. The highest BCUT2D eigenvalue weighted by molar-refractivity contribution is 5.98. The lowest BCUT2D eigenvalue weighted by Crippen LogP contribution is -2.45. The number of rotatable bonds is 6. The normalized spacial score (nSPS) is 14.5. The van der Waals surface area contributed by atoms with E-state index in [1.807, 2.05) is 0 Å². The molecule has 0 heterocycles. The fourth-order valence-electron chi connectivity index (χ4n) is 2.02. The quantitative estimate of drug-likeness (QED) is 0.641. The second-order valence-electron chi connectivity index (χ2n) is 5.56. The third-order valence-electron chi connectivity index (χ3n) is 3.43. The summed E-state index contributed by atoms with van der Waals surface area (Å²) >= 11 is 0. The molecule has 2 rings (SSSR count). The first-order chi connectivity index (χ1) is 11.0. The molecule has 0 radical (unpaired) electrons. The van der Waals surface area contributed by atoms with Crippen LogP contribution in [0.5, 0.6) is 0 Å². The number of urea groups is 1. The van der Waals surface area contributed by atoms with Crippen LogP contribution in [0, 0.1) is 5.92 Å². The van der Waals surface area contributed by atoms with Crippen molar-refractivity contribution >= 4 is 29.2 Å². The SMILES string of the molecule is CCNC(=O)NC(=O)C(C)Nc1cccc(NC(=O)C2CC2)c1. The molecule has 1 fully saturated rings. The molecule has 7 heteroatoms. The van der Waals surface area contributed by atoms with Gasteiger partial charge in [0.05, 0.1) is 0 Å². The highest BCUT2D eigenvalue weighted by Gasteiger charge is 2.29. The molecule has 1 atom stereocenters. The molecule has 1 aromatic rings. The molecule has 0 aliphatic heterocycles. The van der Waals surface area contributed by atoms with Gasteiger partial charge < -0.3 is 16.0 Å². The van der Waals surface area contributed by atoms with E-state index < -0.39 is 18.0 Å². The Morgan fingerprint density at radius 3 is 2.57 bits per heavy atom. The lowest BCUT2D eigenvalue weighted by molar-refractivity contribution is -0.120. The van der Waals surface area contributed by atoms with E-state index in [4.69, 9.17) is 0 Å². The highest BCUT2D eigenvalue weighted by Crippen LogP contribution is 2.30. The molecular weight excluding hydrogens is 296 g/mol. The van der Waals surface area contributed by atoms with Crippen LogP contribution < -0.4 is 21.3 Å². The Morgan fingerprint density at radius 1 is 1.22 bits per heavy atom. The number of nitrogens with one attached hydrogen (secondary N) is 4. The molecule has 1 aliphatic carbocycles. The zero-order valence-corrected chi connectivity index (χ0v) is 13.3. The van der Waals surface area contributed by atoms with Gasteiger partial charge in [-0.05, 0) is 44.9 Å². The number of amides is 4. The van der Waals surface area contributed by atoms with Crippen molar-refractivity contribution in [3.05, 3.63) is 24.3 Å². The second kappa shape index (κ2) is 7.62. The summed E-state index contributed by atoms with van der Waals surface area (Å²) in [5, 5.41) is 10.6. The van der Waals surface area contributed by atoms with E-state index in [0.717, 1.165) is 12.8 Å². The first kappa shape index (κ1) is 16.8. The summed E-state index contributed by atoms with van der Waals surface area (Å²) in [7, 11) is 0. The molecule has 4 N–H and O–H groups in total. The van der Waals surface area contributed by atoms with Crippen molar-refractivity contribution in [2.45, 2.75) is 32.7 Å². The standard InChI is InChI=1S/C16H22N4O3/c1-3-17-16(23)20-14(21)10(2)18-12-5-4-6-13(9-12)19-15(22)11-7-8-11/h4-6,9-11,18H,3,7-8H2,1-2H3,(H,19,22)(H2,17,20,21,23). The monoisotopic (exact) mass is 318 g/mol. The number of hydrogen-bond donors (Lipinski definition) is 4. The van der Waals surface area contributed by atoms with E-state index in [-0.39, 0.29) is 11.8 Å². The van der Waals surface area contributed by atoms with Crippen LogP contribution in [0.3, 0.4) is 0 Å². The zero-order valence-electron chi connectivity index (χ0n) is 13.3. The third kappa shape index (κ3) is 5.28. The van der Waals surface area contributed by atoms with Crippen LogP contribution in [0.4, 0.5) is 16.2 Å². The molecule has 0 aromatic heterocycles. The Kier molecular flexibility index (Phi) is 5.56. The van der Waals surface area contributed by atoms with Crippen LogP contribution in [0.2, 0.25) is 0 Å². The molecule has 23 heavy (non-hydrogen) atoms. The lowest BCUT2D eigenvalue weighted by Gasteiger charge is -2.15. The molecule has 7 nitrogen and oxygen atoms in total. The Balaban J connectivity index is 1.89. The van der Waals surface area contributed by atoms with Gasteiger partial charge in [-0.3, -0.25) is 14.9 Å². The summed E-state index contributed by atoms with van der Waals surface area (Å²) in [6.45, 7) is 3.88. The second-order valence-corrected chi connectivity index (χ2v) is 5.56. The van der Waals surface area contributed by atoms with E-state index in [2.05, 4.69) is 21.3 Å². The van der Waals surface area contributed by atoms with Gasteiger partial charge in [0.15, 0.2) is 0 Å². The number of hydrogen-bond acceptors (Lipinski definition) is 4. The van der Waals surface area contributed by atoms with Gasteiger partial charge in [0, 0.05) is 23.8 Å². The molecule has 1 unspecified atom stereocenters. The van der Waals surface area contributed by atoms with Crippen molar-refractivity contribution in [1.82, 2.24) is 10.6 Å². The van der Waals surface area contributed by atoms with Crippen LogP contribution >= 0.6 is 0 Å². The summed E-state index contributed by atoms with van der Waals surface area (Å²) in [5.41, 5.74) is 1.38. The van der Waals surface area contributed by atoms with Gasteiger partial charge in [0.1, 0.15) is 6.04 Å². The van der Waals surface area contributed by atoms with Crippen molar-refractivity contribution in [1.29, 1.82) is 0 Å². The molecule has 1 aromatic carbocycles. The van der Waals surface area contributed by atoms with E-state index in [9.17, 15) is 14.4 Å². The summed E-state index contributed by atoms with van der Waals surface area (Å²) in [5.74, 6) is -0.263. The van der Waals surface area contributed by atoms with Crippen molar-refractivity contribution in [3.8, 4) is 0 Å². The molecule has 1 aliphatic rings. The topological polar surface area (TPSA) is 99.3 Å². The van der Waals surface area contributed by atoms with Crippen LogP contribution in [0.25, 0.3) is 0 Å². The van der Waals surface area contributed by atoms with Gasteiger partial charge in [-0.25, -0.2) is 4.79 Å². The Hall–Kier alpha value is -2.57. The van der Waals surface area contributed by atoms with Crippen LogP contribution in [0.15, 0.2) is 24.3 Å². The van der Waals surface area contributed by atoms with Gasteiger partial charge in [0.2, 0.25) is 11.8 Å². The fourth-order valence-corrected chi connectivity index (χ4v) is 2.02. The molecule has 1 saturated carbocycles. The number of imide groups is 1. The number of carbonyl (C=O) groups excluding carboxylic acids is 3. The first-order valence-corrected chi connectivity index (χ1v) is 7.75. The Morgan fingerprint density at radius 2 is 1.91 bits per heavy atom. The maximum atomic E-state index is 11.9. The first-order valence-electron chi connectivity index (χ1n) is 7.75. The number of benzene rings is 1. The van der Waals surface area contributed by atoms with Gasteiger partial charge in [0.25, 0.3) is 0 Å². The van der Waals surface area contributed by atoms with Gasteiger partial charge in [-0.1, -0.05) is 6.07 Å². The minimum Gasteiger partial charge on any atom is -0.374 e. The minimum atomic E-state index is -0.591.